The van der Waals surface area contributed by atoms with Crippen molar-refractivity contribution < 1.29 is 1.43 Å². The predicted octanol–water partition coefficient (Wildman–Crippen LogP) is 2.48. The number of hydrogen-bond donors (Lipinski definition) is 1. The summed E-state index contributed by atoms with van der Waals surface area (Å²) in [6.45, 7) is 8.12. The largest absolute Gasteiger partial charge is 0 e. The fraction of sp³-hybridized carbons (Fsp3) is 0.333. The first-order valence-corrected chi connectivity index (χ1v) is 4.26. The zero-order valence-electron chi connectivity index (χ0n) is 7.76. The minimum Gasteiger partial charge on any atom is 0 e. The maximum Gasteiger partial charge on any atom is 0 e. The van der Waals surface area contributed by atoms with Crippen molar-refractivity contribution >= 4 is 17.8 Å². The van der Waals surface area contributed by atoms with Gasteiger partial charge in [-0.05, 0) is 0 Å². The number of aryl methyl sites for hydroxylation is 1. The Morgan fingerprint density at radius 2 is 2.25 bits per heavy atom. The molecule has 0 amide bonds. The van der Waals surface area contributed by atoms with Crippen LogP contribution in [0.2, 0.25) is 0 Å². The minimum atomic E-state index is 0. The van der Waals surface area contributed by atoms with Crippen molar-refractivity contribution in [3.05, 3.63) is 23.9 Å². The van der Waals surface area contributed by atoms with Gasteiger partial charge in [0.2, 0.25) is 0 Å². The van der Waals surface area contributed by atoms with Gasteiger partial charge in [-0.3, -0.25) is 0 Å². The van der Waals surface area contributed by atoms with Crippen LogP contribution in [-0.4, -0.2) is 16.9 Å². The summed E-state index contributed by atoms with van der Waals surface area (Å²) >= 11 is 0. The van der Waals surface area contributed by atoms with E-state index in [2.05, 4.69) is 16.9 Å². The smallest absolute Gasteiger partial charge is 0 e. The van der Waals surface area contributed by atoms with Crippen molar-refractivity contribution in [2.45, 2.75) is 20.8 Å². The van der Waals surface area contributed by atoms with E-state index in [1.165, 1.54) is 5.28 Å². The first-order valence-electron chi connectivity index (χ1n) is 4.26. The molecule has 0 radical (unpaired) electrons. The Hall–Kier alpha value is -1.12. The van der Waals surface area contributed by atoms with Crippen molar-refractivity contribution in [3.63, 3.8) is 0 Å². The zero-order valence-corrected chi connectivity index (χ0v) is 7.76. The molecule has 2 aromatic heterocycles. The van der Waals surface area contributed by atoms with Crippen molar-refractivity contribution in [1.29, 1.82) is 0 Å². The quantitative estimate of drug-likeness (QED) is 0.633. The third kappa shape index (κ3) is 1.73. The molecule has 0 aliphatic carbocycles. The molecule has 1 N–H and O–H groups in total. The maximum absolute atomic E-state index is 4.15. The topological polar surface area (TPSA) is 28.7 Å². The third-order valence-electron chi connectivity index (χ3n) is 1.53. The van der Waals surface area contributed by atoms with Gasteiger partial charge in [-0.15, -0.1) is 0 Å². The van der Waals surface area contributed by atoms with Gasteiger partial charge in [0.05, 0.1) is 0 Å². The van der Waals surface area contributed by atoms with E-state index in [0.29, 0.717) is 0 Å². The molecule has 3 heteroatoms. The van der Waals surface area contributed by atoms with Gasteiger partial charge in [0, 0.05) is 1.43 Å². The third-order valence-corrected chi connectivity index (χ3v) is 1.53. The predicted molar refractivity (Wildman–Crippen MR) is 55.6 cm³/mol. The van der Waals surface area contributed by atoms with E-state index in [1.54, 1.807) is 6.20 Å². The average molecular weight is 162 g/mol. The summed E-state index contributed by atoms with van der Waals surface area (Å²) in [6.07, 6.45) is 1.79. The second-order valence-electron chi connectivity index (χ2n) is 2.39. The van der Waals surface area contributed by atoms with Crippen LogP contribution >= 0.6 is 0 Å². The number of aromatic amines is 1. The molecule has 0 unspecified atom stereocenters. The van der Waals surface area contributed by atoms with Crippen LogP contribution in [0.1, 0.15) is 20.9 Å². The molecule has 2 rings (SSSR count). The monoisotopic (exact) mass is 162 g/mol. The van der Waals surface area contributed by atoms with Crippen LogP contribution in [0.3, 0.4) is 0 Å². The molecule has 0 fully saturated rings. The van der Waals surface area contributed by atoms with Crippen LogP contribution in [0, 0.1) is 6.92 Å². The summed E-state index contributed by atoms with van der Waals surface area (Å²) in [4.78, 5) is 7.29. The molecule has 12 heavy (non-hydrogen) atoms. The Labute approximate surface area is 74.7 Å². The Bertz CT molecular complexity index is 326. The molecular weight excluding hydrogens is 147 g/mol. The average Bonchev–Trinajstić information content (AvgIpc) is 2.48. The van der Waals surface area contributed by atoms with Crippen LogP contribution in [0.5, 0.6) is 0 Å². The summed E-state index contributed by atoms with van der Waals surface area (Å²) in [7, 11) is 0. The Morgan fingerprint density at radius 3 is 2.92 bits per heavy atom. The molecule has 0 aromatic carbocycles. The fourth-order valence-electron chi connectivity index (χ4n) is 1.09. The Balaban J connectivity index is 0.000000451. The molecule has 0 atom stereocenters. The molecule has 0 bridgehead atoms. The number of hydrogen-bond acceptors (Lipinski definition) is 1. The molecule has 0 aliphatic rings. The minimum absolute atomic E-state index is 0. The number of aromatic nitrogens is 2. The van der Waals surface area contributed by atoms with Crippen molar-refractivity contribution in [3.8, 4) is 0 Å². The van der Waals surface area contributed by atoms with E-state index < -0.39 is 0 Å². The van der Waals surface area contributed by atoms with Crippen molar-refractivity contribution in [2.24, 2.45) is 0 Å². The van der Waals surface area contributed by atoms with Gasteiger partial charge < -0.3 is 0 Å². The molecule has 0 aliphatic heterocycles. The first kappa shape index (κ1) is 8.98. The summed E-state index contributed by atoms with van der Waals surface area (Å²) in [6, 6.07) is 3.99. The van der Waals surface area contributed by atoms with E-state index in [1.807, 2.05) is 32.9 Å². The number of rotatable bonds is 0. The number of nitrogens with zero attached hydrogens (tertiary/aromatic N) is 1. The van der Waals surface area contributed by atoms with Crippen LogP contribution in [0.15, 0.2) is 18.3 Å². The normalized spacial score (nSPS) is 8.92. The number of fused-ring (bicyclic) bond motifs is 1. The Kier molecular flexibility index (Phi) is 3.03. The van der Waals surface area contributed by atoms with Crippen LogP contribution < -0.4 is 0 Å². The van der Waals surface area contributed by atoms with Crippen LogP contribution in [0.4, 0.5) is 0 Å². The molecule has 0 spiro atoms. The van der Waals surface area contributed by atoms with E-state index in [9.17, 15) is 0 Å². The van der Waals surface area contributed by atoms with Gasteiger partial charge in [0.1, 0.15) is 0 Å². The number of nitrogens with one attached hydrogen (secondary N) is 1. The van der Waals surface area contributed by atoms with Gasteiger partial charge in [-0.25, -0.2) is 0 Å². The van der Waals surface area contributed by atoms with Gasteiger partial charge in [0.25, 0.3) is 0 Å². The molecule has 2 nitrogen and oxygen atoms in total. The molecular formula is C9H15BN2. The molecule has 64 valence electrons. The summed E-state index contributed by atoms with van der Waals surface area (Å²) in [5.41, 5.74) is 2.13. The number of pyridine rings is 1. The van der Waals surface area contributed by atoms with E-state index >= 15 is 0 Å². The summed E-state index contributed by atoms with van der Waals surface area (Å²) in [5.74, 6) is 0. The van der Waals surface area contributed by atoms with E-state index in [-0.39, 0.29) is 1.43 Å². The summed E-state index contributed by atoms with van der Waals surface area (Å²) < 4.78 is 0. The standard InChI is InChI=1S/C7H7BN2.C2H6.H2/c1-5-8-6-3-2-4-9-7(6)10-5;1-2;/h2-4H,1H3,(H,9,10);1-2H3;1H. The van der Waals surface area contributed by atoms with Gasteiger partial charge >= 0.3 is 58.6 Å². The maximum atomic E-state index is 4.15. The van der Waals surface area contributed by atoms with Crippen LogP contribution in [0.25, 0.3) is 10.9 Å². The molecule has 2 heterocycles. The SMILES string of the molecule is CC.Cc1bc2cccnc2[nH]1.[HH]. The number of H-pyrrole nitrogens is 1. The zero-order chi connectivity index (χ0) is 8.97. The van der Waals surface area contributed by atoms with Crippen molar-refractivity contribution in [2.75, 3.05) is 0 Å². The van der Waals surface area contributed by atoms with E-state index in [0.717, 1.165) is 11.2 Å². The molecule has 0 saturated heterocycles. The second-order valence-corrected chi connectivity index (χ2v) is 2.39. The van der Waals surface area contributed by atoms with E-state index in [4.69, 9.17) is 0 Å². The van der Waals surface area contributed by atoms with Crippen LogP contribution in [-0.2, 0) is 0 Å². The van der Waals surface area contributed by atoms with Gasteiger partial charge in [0.15, 0.2) is 0 Å². The fourth-order valence-corrected chi connectivity index (χ4v) is 1.09. The van der Waals surface area contributed by atoms with Crippen molar-refractivity contribution in [1.82, 2.24) is 9.97 Å². The first-order chi connectivity index (χ1) is 5.86. The summed E-state index contributed by atoms with van der Waals surface area (Å²) in [5, 5.41) is 1.18. The second kappa shape index (κ2) is 4.05. The van der Waals surface area contributed by atoms with Gasteiger partial charge in [-0.1, -0.05) is 13.8 Å². The molecule has 0 saturated carbocycles. The Morgan fingerprint density at radius 1 is 1.50 bits per heavy atom. The van der Waals surface area contributed by atoms with Gasteiger partial charge in [-0.2, -0.15) is 0 Å². The molecule has 2 aromatic rings.